The number of nitro benzene ring substituents is 1. The molecule has 0 aliphatic carbocycles. The van der Waals surface area contributed by atoms with Crippen LogP contribution in [0.25, 0.3) is 0 Å². The average Bonchev–Trinajstić information content (AvgIpc) is 3.42. The van der Waals surface area contributed by atoms with Crippen molar-refractivity contribution in [2.75, 3.05) is 6.61 Å². The van der Waals surface area contributed by atoms with E-state index in [2.05, 4.69) is 0 Å². The Balaban J connectivity index is 1.45. The van der Waals surface area contributed by atoms with Crippen molar-refractivity contribution < 1.29 is 36.5 Å². The Morgan fingerprint density at radius 1 is 0.837 bits per heavy atom. The molecule has 0 radical (unpaired) electrons. The van der Waals surface area contributed by atoms with Gasteiger partial charge in [-0.25, -0.2) is 4.79 Å². The molecule has 4 aromatic rings. The number of rotatable bonds is 15. The van der Waals surface area contributed by atoms with Crippen LogP contribution in [-0.2, 0) is 40.0 Å². The van der Waals surface area contributed by atoms with E-state index in [1.165, 1.54) is 36.4 Å². The van der Waals surface area contributed by atoms with E-state index < -0.39 is 51.7 Å². The highest BCUT2D eigenvalue weighted by Gasteiger charge is 2.51. The molecule has 0 bridgehead atoms. The van der Waals surface area contributed by atoms with Crippen molar-refractivity contribution in [3.8, 4) is 0 Å². The summed E-state index contributed by atoms with van der Waals surface area (Å²) in [7, 11) is -4.35. The van der Waals surface area contributed by atoms with Gasteiger partial charge in [0.1, 0.15) is 24.9 Å². The van der Waals surface area contributed by atoms with Crippen LogP contribution in [0.3, 0.4) is 0 Å². The summed E-state index contributed by atoms with van der Waals surface area (Å²) in [5.41, 5.74) is 2.96. The van der Waals surface area contributed by atoms with E-state index in [1.54, 1.807) is 49.5 Å². The first-order chi connectivity index (χ1) is 23.4. The predicted molar refractivity (Wildman–Crippen MR) is 190 cm³/mol. The Labute approximate surface area is 294 Å². The molecule has 0 spiro atoms. The number of nitro groups is 1. The molecule has 1 fully saturated rings. The fourth-order valence-electron chi connectivity index (χ4n) is 5.12. The van der Waals surface area contributed by atoms with Gasteiger partial charge in [0.2, 0.25) is 0 Å². The van der Waals surface area contributed by atoms with Gasteiger partial charge in [-0.05, 0) is 56.2 Å². The van der Waals surface area contributed by atoms with Crippen LogP contribution >= 0.6 is 23.5 Å². The SMILES string of the molecule is Cc1ccc(S(=O)(=O)O[C@@H](COC(=O)c2ccc([N+](=O)[O-])cc2)[C@H]2OC(C)(C)O[C@H]2C(SCc2ccccc2)SCc2ccccc2)cc1. The molecule has 0 N–H and O–H groups in total. The Morgan fingerprint density at radius 2 is 1.37 bits per heavy atom. The maximum Gasteiger partial charge on any atom is 0.338 e. The summed E-state index contributed by atoms with van der Waals surface area (Å²) in [6.07, 6.45) is -2.97. The largest absolute Gasteiger partial charge is 0.459 e. The zero-order valence-corrected chi connectivity index (χ0v) is 29.6. The number of hydrogen-bond donors (Lipinski definition) is 0. The lowest BCUT2D eigenvalue weighted by Crippen LogP contribution is -2.45. The summed E-state index contributed by atoms with van der Waals surface area (Å²) in [4.78, 5) is 23.6. The molecule has 1 aliphatic heterocycles. The smallest absolute Gasteiger partial charge is 0.338 e. The first kappa shape index (κ1) is 36.6. The maximum absolute atomic E-state index is 13.7. The van der Waals surface area contributed by atoms with Crippen molar-refractivity contribution >= 4 is 45.3 Å². The third kappa shape index (κ3) is 10.2. The first-order valence-electron chi connectivity index (χ1n) is 15.5. The van der Waals surface area contributed by atoms with Crippen molar-refractivity contribution in [2.24, 2.45) is 0 Å². The third-order valence-electron chi connectivity index (χ3n) is 7.56. The van der Waals surface area contributed by atoms with Crippen molar-refractivity contribution in [1.29, 1.82) is 0 Å². The molecule has 0 saturated carbocycles. The molecular formula is C36H37NO9S3. The lowest BCUT2D eigenvalue weighted by atomic mass is 10.1. The van der Waals surface area contributed by atoms with Gasteiger partial charge in [0.15, 0.2) is 5.79 Å². The van der Waals surface area contributed by atoms with E-state index in [0.717, 1.165) is 16.7 Å². The minimum atomic E-state index is -4.35. The predicted octanol–water partition coefficient (Wildman–Crippen LogP) is 7.55. The van der Waals surface area contributed by atoms with E-state index >= 15 is 0 Å². The van der Waals surface area contributed by atoms with Crippen LogP contribution in [-0.4, -0.2) is 54.6 Å². The Hall–Kier alpha value is -3.72. The number of aryl methyl sites for hydroxylation is 1. The van der Waals surface area contributed by atoms with Gasteiger partial charge in [-0.1, -0.05) is 78.4 Å². The molecule has 13 heteroatoms. The fraction of sp³-hybridized carbons (Fsp3) is 0.306. The van der Waals surface area contributed by atoms with Crippen LogP contribution in [0.15, 0.2) is 114 Å². The molecule has 5 rings (SSSR count). The van der Waals surface area contributed by atoms with Gasteiger partial charge in [0.25, 0.3) is 15.8 Å². The highest BCUT2D eigenvalue weighted by atomic mass is 32.2. The summed E-state index contributed by atoms with van der Waals surface area (Å²) in [6.45, 7) is 4.83. The Kier molecular flexibility index (Phi) is 12.2. The zero-order valence-electron chi connectivity index (χ0n) is 27.2. The van der Waals surface area contributed by atoms with Gasteiger partial charge >= 0.3 is 5.97 Å². The van der Waals surface area contributed by atoms with E-state index in [-0.39, 0.29) is 20.7 Å². The van der Waals surface area contributed by atoms with E-state index in [4.69, 9.17) is 18.4 Å². The average molecular weight is 724 g/mol. The molecule has 49 heavy (non-hydrogen) atoms. The lowest BCUT2D eigenvalue weighted by molar-refractivity contribution is -0.384. The Bertz CT molecular complexity index is 1760. The molecular weight excluding hydrogens is 687 g/mol. The molecule has 0 aromatic heterocycles. The summed E-state index contributed by atoms with van der Waals surface area (Å²) >= 11 is 3.29. The standard InChI is InChI=1S/C36H37NO9S3/c1-25-14-20-30(21-15-25)49(41,42)46-31(22-43-34(38)28-16-18-29(19-17-28)37(39)40)32-33(45-36(2,3)44-32)35(47-23-26-10-6-4-7-11-26)48-24-27-12-8-5-9-13-27/h4-21,31-33,35H,22-24H2,1-3H3/t31-,32+,33+/m0/s1. The van der Waals surface area contributed by atoms with E-state index in [9.17, 15) is 23.3 Å². The van der Waals surface area contributed by atoms with Gasteiger partial charge in [0.05, 0.1) is 20.0 Å². The van der Waals surface area contributed by atoms with Crippen LogP contribution in [0.2, 0.25) is 0 Å². The van der Waals surface area contributed by atoms with Crippen LogP contribution in [0.4, 0.5) is 5.69 Å². The molecule has 1 aliphatic rings. The van der Waals surface area contributed by atoms with E-state index in [0.29, 0.717) is 11.5 Å². The number of benzene rings is 4. The van der Waals surface area contributed by atoms with Crippen LogP contribution in [0.5, 0.6) is 0 Å². The van der Waals surface area contributed by atoms with Gasteiger partial charge in [-0.3, -0.25) is 14.3 Å². The minimum absolute atomic E-state index is 0.0564. The van der Waals surface area contributed by atoms with Crippen molar-refractivity contribution in [3.05, 3.63) is 142 Å². The van der Waals surface area contributed by atoms with Crippen molar-refractivity contribution in [3.63, 3.8) is 0 Å². The Morgan fingerprint density at radius 3 is 1.90 bits per heavy atom. The van der Waals surface area contributed by atoms with E-state index in [1.807, 2.05) is 67.6 Å². The van der Waals surface area contributed by atoms with Crippen LogP contribution < -0.4 is 0 Å². The topological polar surface area (TPSA) is 131 Å². The molecule has 258 valence electrons. The molecule has 3 atom stereocenters. The van der Waals surface area contributed by atoms with Gasteiger partial charge in [0, 0.05) is 23.6 Å². The third-order valence-corrected chi connectivity index (χ3v) is 11.9. The molecule has 1 saturated heterocycles. The zero-order chi connectivity index (χ0) is 35.0. The number of esters is 1. The van der Waals surface area contributed by atoms with Gasteiger partial charge in [-0.15, -0.1) is 23.5 Å². The second-order valence-electron chi connectivity index (χ2n) is 11.8. The summed E-state index contributed by atoms with van der Waals surface area (Å²) in [6, 6.07) is 31.1. The van der Waals surface area contributed by atoms with Crippen molar-refractivity contribution in [2.45, 2.75) is 65.9 Å². The summed E-state index contributed by atoms with van der Waals surface area (Å²) in [5.74, 6) is -0.615. The second-order valence-corrected chi connectivity index (χ2v) is 16.0. The van der Waals surface area contributed by atoms with Crippen LogP contribution in [0, 0.1) is 17.0 Å². The number of carbonyl (C=O) groups is 1. The maximum atomic E-state index is 13.7. The number of thioether (sulfide) groups is 2. The number of carbonyl (C=O) groups excluding carboxylic acids is 1. The first-order valence-corrected chi connectivity index (χ1v) is 19.0. The fourth-order valence-corrected chi connectivity index (χ4v) is 8.88. The number of nitrogens with zero attached hydrogens (tertiary/aromatic N) is 1. The normalized spacial score (nSPS) is 17.9. The lowest BCUT2D eigenvalue weighted by Gasteiger charge is -2.30. The minimum Gasteiger partial charge on any atom is -0.459 e. The number of hydrogen-bond acceptors (Lipinski definition) is 11. The molecule has 10 nitrogen and oxygen atoms in total. The van der Waals surface area contributed by atoms with Crippen LogP contribution in [0.1, 0.15) is 40.9 Å². The van der Waals surface area contributed by atoms with Gasteiger partial charge in [-0.2, -0.15) is 8.42 Å². The number of ether oxygens (including phenoxy) is 3. The highest BCUT2D eigenvalue weighted by Crippen LogP contribution is 2.43. The number of non-ortho nitro benzene ring substituents is 1. The molecule has 1 heterocycles. The molecule has 0 amide bonds. The monoisotopic (exact) mass is 723 g/mol. The quantitative estimate of drug-likeness (QED) is 0.0396. The highest BCUT2D eigenvalue weighted by molar-refractivity contribution is 8.16. The van der Waals surface area contributed by atoms with Crippen molar-refractivity contribution in [1.82, 2.24) is 0 Å². The molecule has 4 aromatic carbocycles. The molecule has 0 unspecified atom stereocenters. The summed E-state index contributed by atoms with van der Waals surface area (Å²) < 4.78 is 51.4. The summed E-state index contributed by atoms with van der Waals surface area (Å²) in [5, 5.41) is 11.1. The second kappa shape index (κ2) is 16.3. The van der Waals surface area contributed by atoms with Gasteiger partial charge < -0.3 is 14.2 Å².